The Hall–Kier alpha value is -1.21. The zero-order valence-corrected chi connectivity index (χ0v) is 13.8. The van der Waals surface area contributed by atoms with Crippen molar-refractivity contribution >= 4 is 33.4 Å². The minimum absolute atomic E-state index is 0.00657. The maximum atomic E-state index is 12.8. The second-order valence-corrected chi connectivity index (χ2v) is 8.20. The first-order valence-corrected chi connectivity index (χ1v) is 9.07. The van der Waals surface area contributed by atoms with Crippen molar-refractivity contribution < 1.29 is 9.59 Å². The minimum atomic E-state index is -0.821. The van der Waals surface area contributed by atoms with Crippen LogP contribution in [-0.2, 0) is 16.1 Å². The van der Waals surface area contributed by atoms with Crippen LogP contribution in [0, 0.1) is 6.92 Å². The van der Waals surface area contributed by atoms with Gasteiger partial charge in [-0.3, -0.25) is 14.6 Å². The van der Waals surface area contributed by atoms with Crippen LogP contribution < -0.4 is 0 Å². The topological polar surface area (TPSA) is 53.5 Å². The maximum absolute atomic E-state index is 12.8. The molecule has 2 bridgehead atoms. The number of amides is 2. The van der Waals surface area contributed by atoms with Crippen molar-refractivity contribution in [1.29, 1.82) is 0 Å². The Labute approximate surface area is 131 Å². The molecule has 0 N–H and O–H groups in total. The summed E-state index contributed by atoms with van der Waals surface area (Å²) in [4.78, 5) is 32.3. The average molecular weight is 323 g/mol. The van der Waals surface area contributed by atoms with E-state index in [1.807, 2.05) is 32.0 Å². The number of aromatic nitrogens is 1. The summed E-state index contributed by atoms with van der Waals surface area (Å²) in [6.45, 7) is 4.14. The molecule has 1 aromatic rings. The van der Waals surface area contributed by atoms with Crippen molar-refractivity contribution in [2.75, 3.05) is 12.8 Å². The van der Waals surface area contributed by atoms with Gasteiger partial charge in [0.2, 0.25) is 5.91 Å². The molecule has 21 heavy (non-hydrogen) atoms. The van der Waals surface area contributed by atoms with Gasteiger partial charge >= 0.3 is 0 Å². The van der Waals surface area contributed by atoms with Crippen LogP contribution in [0.15, 0.2) is 18.2 Å². The Morgan fingerprint density at radius 3 is 2.90 bits per heavy atom. The Morgan fingerprint density at radius 2 is 2.19 bits per heavy atom. The third kappa shape index (κ3) is 2.32. The molecule has 0 radical (unpaired) electrons. The number of fused-ring (bicyclic) bond motifs is 4. The van der Waals surface area contributed by atoms with E-state index < -0.39 is 10.9 Å². The summed E-state index contributed by atoms with van der Waals surface area (Å²) in [5.74, 6) is 0.635. The van der Waals surface area contributed by atoms with Crippen molar-refractivity contribution in [3.05, 3.63) is 29.6 Å². The van der Waals surface area contributed by atoms with E-state index in [4.69, 9.17) is 0 Å². The summed E-state index contributed by atoms with van der Waals surface area (Å²) in [6.07, 6.45) is 0. The SMILES string of the molecule is Cc1cccc(CN2C(=O)C3(C)SSCC2C(=O)N3C)n1. The molecule has 7 heteroatoms. The Balaban J connectivity index is 1.95. The molecule has 112 valence electrons. The molecule has 0 aliphatic carbocycles. The highest BCUT2D eigenvalue weighted by molar-refractivity contribution is 8.77. The number of carbonyl (C=O) groups is 2. The number of likely N-dealkylation sites (N-methyl/N-ethyl adjacent to an activating group) is 1. The van der Waals surface area contributed by atoms with Crippen molar-refractivity contribution in [2.45, 2.75) is 31.3 Å². The fourth-order valence-corrected chi connectivity index (χ4v) is 5.60. The molecule has 3 aliphatic rings. The Bertz CT molecular complexity index is 610. The molecular weight excluding hydrogens is 306 g/mol. The minimum Gasteiger partial charge on any atom is -0.321 e. The summed E-state index contributed by atoms with van der Waals surface area (Å²) < 4.78 is 0. The van der Waals surface area contributed by atoms with E-state index in [1.54, 1.807) is 27.6 Å². The van der Waals surface area contributed by atoms with E-state index in [0.717, 1.165) is 11.4 Å². The van der Waals surface area contributed by atoms with Crippen LogP contribution in [0.4, 0.5) is 0 Å². The average Bonchev–Trinajstić information content (AvgIpc) is 2.64. The van der Waals surface area contributed by atoms with Gasteiger partial charge in [-0.05, 0) is 26.0 Å². The predicted molar refractivity (Wildman–Crippen MR) is 84.5 cm³/mol. The lowest BCUT2D eigenvalue weighted by Gasteiger charge is -2.45. The summed E-state index contributed by atoms with van der Waals surface area (Å²) in [5, 5.41) is 0. The number of hydrogen-bond acceptors (Lipinski definition) is 5. The van der Waals surface area contributed by atoms with Crippen molar-refractivity contribution in [3.8, 4) is 0 Å². The summed E-state index contributed by atoms with van der Waals surface area (Å²) in [6, 6.07) is 5.36. The van der Waals surface area contributed by atoms with E-state index >= 15 is 0 Å². The number of piperazine rings is 1. The van der Waals surface area contributed by atoms with Gasteiger partial charge in [0.15, 0.2) is 4.87 Å². The zero-order valence-electron chi connectivity index (χ0n) is 12.2. The maximum Gasteiger partial charge on any atom is 0.260 e. The van der Waals surface area contributed by atoms with Crippen LogP contribution in [0.2, 0.25) is 0 Å². The number of rotatable bonds is 2. The smallest absolute Gasteiger partial charge is 0.260 e. The van der Waals surface area contributed by atoms with E-state index in [1.165, 1.54) is 10.8 Å². The molecule has 0 saturated carbocycles. The molecule has 3 fully saturated rings. The van der Waals surface area contributed by atoms with Gasteiger partial charge < -0.3 is 9.80 Å². The molecule has 2 atom stereocenters. The van der Waals surface area contributed by atoms with E-state index in [0.29, 0.717) is 12.3 Å². The van der Waals surface area contributed by atoms with Crippen LogP contribution in [0.1, 0.15) is 18.3 Å². The van der Waals surface area contributed by atoms with E-state index in [-0.39, 0.29) is 11.8 Å². The third-order valence-corrected chi connectivity index (χ3v) is 7.09. The number of aryl methyl sites for hydroxylation is 1. The van der Waals surface area contributed by atoms with Gasteiger partial charge in [-0.1, -0.05) is 27.7 Å². The number of hydrogen-bond donors (Lipinski definition) is 0. The van der Waals surface area contributed by atoms with E-state index in [9.17, 15) is 9.59 Å². The second kappa shape index (κ2) is 5.21. The Morgan fingerprint density at radius 1 is 1.43 bits per heavy atom. The molecule has 0 spiro atoms. The molecule has 5 nitrogen and oxygen atoms in total. The lowest BCUT2D eigenvalue weighted by molar-refractivity contribution is -0.160. The highest BCUT2D eigenvalue weighted by Gasteiger charge is 2.55. The fraction of sp³-hybridized carbons (Fsp3) is 0.500. The fourth-order valence-electron chi connectivity index (χ4n) is 2.63. The van der Waals surface area contributed by atoms with Crippen LogP contribution in [-0.4, -0.2) is 50.3 Å². The molecule has 2 amide bonds. The van der Waals surface area contributed by atoms with E-state index in [2.05, 4.69) is 4.98 Å². The first-order valence-electron chi connectivity index (χ1n) is 6.75. The molecule has 3 aliphatic heterocycles. The van der Waals surface area contributed by atoms with Crippen molar-refractivity contribution in [3.63, 3.8) is 0 Å². The van der Waals surface area contributed by atoms with Crippen molar-refractivity contribution in [2.24, 2.45) is 0 Å². The highest BCUT2D eigenvalue weighted by atomic mass is 33.1. The standard InChI is InChI=1S/C14H17N3O2S2/c1-9-5-4-6-10(15-9)7-17-11-8-20-21-14(2,13(17)19)16(3)12(11)18/h4-6,11H,7-8H2,1-3H3. The molecule has 1 aromatic heterocycles. The number of pyridine rings is 1. The van der Waals surface area contributed by atoms with Gasteiger partial charge in [-0.25, -0.2) is 0 Å². The van der Waals surface area contributed by atoms with Gasteiger partial charge in [0.05, 0.1) is 12.2 Å². The highest BCUT2D eigenvalue weighted by Crippen LogP contribution is 2.47. The van der Waals surface area contributed by atoms with Crippen LogP contribution in [0.5, 0.6) is 0 Å². The summed E-state index contributed by atoms with van der Waals surface area (Å²) in [7, 11) is 4.79. The molecule has 3 saturated heterocycles. The lowest BCUT2D eigenvalue weighted by Crippen LogP contribution is -2.66. The Kier molecular flexibility index (Phi) is 3.65. The lowest BCUT2D eigenvalue weighted by atomic mass is 10.1. The third-order valence-electron chi connectivity index (χ3n) is 4.02. The van der Waals surface area contributed by atoms with Crippen LogP contribution >= 0.6 is 21.6 Å². The first-order chi connectivity index (χ1) is 9.93. The molecule has 0 aromatic carbocycles. The van der Waals surface area contributed by atoms with Gasteiger partial charge in [0, 0.05) is 18.5 Å². The monoisotopic (exact) mass is 323 g/mol. The zero-order chi connectivity index (χ0) is 15.2. The second-order valence-electron chi connectivity index (χ2n) is 5.47. The predicted octanol–water partition coefficient (Wildman–Crippen LogP) is 1.67. The number of nitrogens with zero attached hydrogens (tertiary/aromatic N) is 3. The molecule has 2 unspecified atom stereocenters. The quantitative estimate of drug-likeness (QED) is 0.775. The van der Waals surface area contributed by atoms with Crippen LogP contribution in [0.3, 0.4) is 0 Å². The first kappa shape index (κ1) is 14.7. The summed E-state index contributed by atoms with van der Waals surface area (Å²) in [5.41, 5.74) is 1.74. The van der Waals surface area contributed by atoms with Gasteiger partial charge in [0.1, 0.15) is 6.04 Å². The summed E-state index contributed by atoms with van der Waals surface area (Å²) >= 11 is 0. The molecule has 4 rings (SSSR count). The normalized spacial score (nSPS) is 29.0. The largest absolute Gasteiger partial charge is 0.321 e. The molecular formula is C14H17N3O2S2. The van der Waals surface area contributed by atoms with Crippen molar-refractivity contribution in [1.82, 2.24) is 14.8 Å². The van der Waals surface area contributed by atoms with Crippen LogP contribution in [0.25, 0.3) is 0 Å². The van der Waals surface area contributed by atoms with Gasteiger partial charge in [-0.2, -0.15) is 0 Å². The van der Waals surface area contributed by atoms with Gasteiger partial charge in [0.25, 0.3) is 5.91 Å². The number of carbonyl (C=O) groups excluding carboxylic acids is 2. The molecule has 4 heterocycles. The van der Waals surface area contributed by atoms with Gasteiger partial charge in [-0.15, -0.1) is 0 Å².